The summed E-state index contributed by atoms with van der Waals surface area (Å²) in [6, 6.07) is 18.1. The maximum Gasteiger partial charge on any atom is 0.304 e. The van der Waals surface area contributed by atoms with Gasteiger partial charge < -0.3 is 15.6 Å². The minimum atomic E-state index is -0.854. The van der Waals surface area contributed by atoms with Gasteiger partial charge in [0.05, 0.1) is 13.0 Å². The highest BCUT2D eigenvalue weighted by Crippen LogP contribution is 2.15. The summed E-state index contributed by atoms with van der Waals surface area (Å²) in [4.78, 5) is 10.5. The van der Waals surface area contributed by atoms with Crippen LogP contribution >= 0.6 is 0 Å². The number of carbonyl (C=O) groups is 1. The molecule has 1 unspecified atom stereocenters. The molecule has 0 radical (unpaired) electrons. The molecule has 0 aliphatic rings. The number of hydrogen-bond acceptors (Lipinski definition) is 3. The predicted molar refractivity (Wildman–Crippen MR) is 90.6 cm³/mol. The highest BCUT2D eigenvalue weighted by Gasteiger charge is 2.07. The lowest BCUT2D eigenvalue weighted by atomic mass is 10.1. The smallest absolute Gasteiger partial charge is 0.304 e. The van der Waals surface area contributed by atoms with Gasteiger partial charge in [0.1, 0.15) is 5.75 Å². The average Bonchev–Trinajstić information content (AvgIpc) is 2.53. The molecule has 0 aromatic heterocycles. The lowest BCUT2D eigenvalue weighted by Gasteiger charge is -2.10. The van der Waals surface area contributed by atoms with Gasteiger partial charge in [0.25, 0.3) is 0 Å². The molecule has 2 aromatic rings. The Bertz CT molecular complexity index is 596. The fraction of sp³-hybridized carbons (Fsp3) is 0.316. The fourth-order valence-electron chi connectivity index (χ4n) is 2.40. The molecular formula is C19H23NO3. The number of rotatable bonds is 9. The molecule has 0 amide bonds. The van der Waals surface area contributed by atoms with Crippen molar-refractivity contribution in [2.45, 2.75) is 31.7 Å². The SMILES string of the molecule is NC(CCCOc1ccc(Cc2ccccc2)cc1)CC(=O)O. The Kier molecular flexibility index (Phi) is 6.63. The zero-order valence-corrected chi connectivity index (χ0v) is 13.2. The number of nitrogens with two attached hydrogens (primary N) is 1. The van der Waals surface area contributed by atoms with Gasteiger partial charge in [-0.25, -0.2) is 0 Å². The summed E-state index contributed by atoms with van der Waals surface area (Å²) in [6.07, 6.45) is 2.32. The minimum absolute atomic E-state index is 0.00812. The van der Waals surface area contributed by atoms with E-state index in [4.69, 9.17) is 15.6 Å². The second-order valence-corrected chi connectivity index (χ2v) is 5.65. The third-order valence-corrected chi connectivity index (χ3v) is 3.60. The highest BCUT2D eigenvalue weighted by molar-refractivity contribution is 5.67. The summed E-state index contributed by atoms with van der Waals surface area (Å²) >= 11 is 0. The van der Waals surface area contributed by atoms with Gasteiger partial charge in [-0.3, -0.25) is 4.79 Å². The number of hydrogen-bond donors (Lipinski definition) is 2. The van der Waals surface area contributed by atoms with Crippen molar-refractivity contribution in [2.75, 3.05) is 6.61 Å². The van der Waals surface area contributed by atoms with Crippen molar-refractivity contribution in [3.05, 3.63) is 65.7 Å². The molecule has 4 heteroatoms. The zero-order chi connectivity index (χ0) is 16.5. The van der Waals surface area contributed by atoms with E-state index in [1.165, 1.54) is 11.1 Å². The van der Waals surface area contributed by atoms with E-state index in [0.29, 0.717) is 13.0 Å². The summed E-state index contributed by atoms with van der Waals surface area (Å²) in [7, 11) is 0. The fourth-order valence-corrected chi connectivity index (χ4v) is 2.40. The molecule has 0 bridgehead atoms. The van der Waals surface area contributed by atoms with Gasteiger partial charge in [0.15, 0.2) is 0 Å². The van der Waals surface area contributed by atoms with Crippen LogP contribution in [-0.4, -0.2) is 23.7 Å². The first-order valence-electron chi connectivity index (χ1n) is 7.86. The van der Waals surface area contributed by atoms with Crippen LogP contribution in [0.15, 0.2) is 54.6 Å². The van der Waals surface area contributed by atoms with Crippen LogP contribution in [0.2, 0.25) is 0 Å². The molecule has 1 atom stereocenters. The van der Waals surface area contributed by atoms with Crippen molar-refractivity contribution in [1.29, 1.82) is 0 Å². The molecule has 0 heterocycles. The summed E-state index contributed by atoms with van der Waals surface area (Å²) in [5, 5.41) is 8.64. The quantitative estimate of drug-likeness (QED) is 0.697. The van der Waals surface area contributed by atoms with Gasteiger partial charge in [-0.2, -0.15) is 0 Å². The molecule has 0 aliphatic heterocycles. The van der Waals surface area contributed by atoms with Crippen LogP contribution in [-0.2, 0) is 11.2 Å². The van der Waals surface area contributed by atoms with E-state index in [1.54, 1.807) is 0 Å². The third kappa shape index (κ3) is 6.53. The summed E-state index contributed by atoms with van der Waals surface area (Å²) < 4.78 is 5.66. The molecule has 0 aliphatic carbocycles. The normalized spacial score (nSPS) is 11.9. The first-order valence-corrected chi connectivity index (χ1v) is 7.86. The lowest BCUT2D eigenvalue weighted by Crippen LogP contribution is -2.24. The van der Waals surface area contributed by atoms with Crippen molar-refractivity contribution in [2.24, 2.45) is 5.73 Å². The predicted octanol–water partition coefficient (Wildman–Crippen LogP) is 3.24. The first-order chi connectivity index (χ1) is 11.1. The van der Waals surface area contributed by atoms with Crippen LogP contribution in [0.5, 0.6) is 5.75 Å². The summed E-state index contributed by atoms with van der Waals surface area (Å²) in [6.45, 7) is 0.547. The molecular weight excluding hydrogens is 290 g/mol. The van der Waals surface area contributed by atoms with Gasteiger partial charge >= 0.3 is 5.97 Å². The number of carboxylic acid groups (broad SMARTS) is 1. The van der Waals surface area contributed by atoms with Crippen LogP contribution in [0.1, 0.15) is 30.4 Å². The van der Waals surface area contributed by atoms with Crippen LogP contribution in [0.4, 0.5) is 0 Å². The van der Waals surface area contributed by atoms with Crippen molar-refractivity contribution < 1.29 is 14.6 Å². The standard InChI is InChI=1S/C19H23NO3/c20-17(14-19(21)22)7-4-12-23-18-10-8-16(9-11-18)13-15-5-2-1-3-6-15/h1-3,5-6,8-11,17H,4,7,12-14,20H2,(H,21,22). The van der Waals surface area contributed by atoms with Gasteiger partial charge in [0, 0.05) is 6.04 Å². The van der Waals surface area contributed by atoms with Crippen molar-refractivity contribution >= 4 is 5.97 Å². The van der Waals surface area contributed by atoms with Gasteiger partial charge in [0.2, 0.25) is 0 Å². The monoisotopic (exact) mass is 313 g/mol. The Morgan fingerprint density at radius 3 is 2.35 bits per heavy atom. The zero-order valence-electron chi connectivity index (χ0n) is 13.2. The second kappa shape index (κ2) is 8.96. The second-order valence-electron chi connectivity index (χ2n) is 5.65. The van der Waals surface area contributed by atoms with Gasteiger partial charge in [-0.1, -0.05) is 42.5 Å². The highest BCUT2D eigenvalue weighted by atomic mass is 16.5. The third-order valence-electron chi connectivity index (χ3n) is 3.60. The molecule has 4 nitrogen and oxygen atoms in total. The van der Waals surface area contributed by atoms with E-state index >= 15 is 0 Å². The van der Waals surface area contributed by atoms with E-state index in [9.17, 15) is 4.79 Å². The summed E-state index contributed by atoms with van der Waals surface area (Å²) in [5.41, 5.74) is 8.24. The maximum absolute atomic E-state index is 10.5. The van der Waals surface area contributed by atoms with E-state index in [2.05, 4.69) is 24.3 Å². The Morgan fingerprint density at radius 1 is 1.04 bits per heavy atom. The van der Waals surface area contributed by atoms with Crippen LogP contribution in [0.3, 0.4) is 0 Å². The molecule has 2 rings (SSSR count). The summed E-state index contributed by atoms with van der Waals surface area (Å²) in [5.74, 6) is -0.0268. The molecule has 2 aromatic carbocycles. The lowest BCUT2D eigenvalue weighted by molar-refractivity contribution is -0.137. The maximum atomic E-state index is 10.5. The molecule has 0 saturated heterocycles. The first kappa shape index (κ1) is 17.0. The largest absolute Gasteiger partial charge is 0.494 e. The molecule has 0 spiro atoms. The molecule has 23 heavy (non-hydrogen) atoms. The van der Waals surface area contributed by atoms with Crippen LogP contribution < -0.4 is 10.5 Å². The Balaban J connectivity index is 1.72. The molecule has 122 valence electrons. The number of ether oxygens (including phenoxy) is 1. The van der Waals surface area contributed by atoms with E-state index < -0.39 is 5.97 Å². The van der Waals surface area contributed by atoms with Crippen molar-refractivity contribution in [1.82, 2.24) is 0 Å². The molecule has 0 fully saturated rings. The Morgan fingerprint density at radius 2 is 1.70 bits per heavy atom. The average molecular weight is 313 g/mol. The number of carboxylic acids is 1. The van der Waals surface area contributed by atoms with E-state index in [1.807, 2.05) is 30.3 Å². The molecule has 0 saturated carbocycles. The van der Waals surface area contributed by atoms with Crippen LogP contribution in [0, 0.1) is 0 Å². The molecule has 3 N–H and O–H groups in total. The van der Waals surface area contributed by atoms with Crippen molar-refractivity contribution in [3.63, 3.8) is 0 Å². The minimum Gasteiger partial charge on any atom is -0.494 e. The van der Waals surface area contributed by atoms with E-state index in [0.717, 1.165) is 18.6 Å². The Labute approximate surface area is 136 Å². The topological polar surface area (TPSA) is 72.5 Å². The van der Waals surface area contributed by atoms with Crippen LogP contribution in [0.25, 0.3) is 0 Å². The number of aliphatic carboxylic acids is 1. The van der Waals surface area contributed by atoms with Gasteiger partial charge in [-0.15, -0.1) is 0 Å². The van der Waals surface area contributed by atoms with E-state index in [-0.39, 0.29) is 12.5 Å². The van der Waals surface area contributed by atoms with Crippen molar-refractivity contribution in [3.8, 4) is 5.75 Å². The number of benzene rings is 2. The van der Waals surface area contributed by atoms with Gasteiger partial charge in [-0.05, 0) is 42.5 Å². The Hall–Kier alpha value is -2.33.